The Bertz CT molecular complexity index is 328. The molecule has 0 spiro atoms. The standard InChI is InChI=1S/C9H7Br2N/c1-6-2-3-7(4-8(6)10)9(11)5-12/h2-4,9H,1H3. The van der Waals surface area contributed by atoms with Gasteiger partial charge in [0, 0.05) is 4.47 Å². The Morgan fingerprint density at radius 3 is 2.67 bits per heavy atom. The molecule has 0 saturated heterocycles. The monoisotopic (exact) mass is 287 g/mol. The summed E-state index contributed by atoms with van der Waals surface area (Å²) in [7, 11) is 0. The van der Waals surface area contributed by atoms with Crippen molar-refractivity contribution in [3.63, 3.8) is 0 Å². The Balaban J connectivity index is 3.06. The molecule has 0 fully saturated rings. The first-order valence-corrected chi connectivity index (χ1v) is 5.15. The van der Waals surface area contributed by atoms with E-state index in [4.69, 9.17) is 5.26 Å². The second kappa shape index (κ2) is 4.06. The molecule has 0 aliphatic rings. The van der Waals surface area contributed by atoms with E-state index in [9.17, 15) is 0 Å². The lowest BCUT2D eigenvalue weighted by Gasteiger charge is -2.03. The molecule has 1 aromatic carbocycles. The Morgan fingerprint density at radius 1 is 1.50 bits per heavy atom. The zero-order valence-corrected chi connectivity index (χ0v) is 9.68. The van der Waals surface area contributed by atoms with Gasteiger partial charge in [0.25, 0.3) is 0 Å². The number of rotatable bonds is 1. The van der Waals surface area contributed by atoms with Gasteiger partial charge in [0.1, 0.15) is 4.83 Å². The van der Waals surface area contributed by atoms with Crippen molar-refractivity contribution in [2.45, 2.75) is 11.8 Å². The summed E-state index contributed by atoms with van der Waals surface area (Å²) in [6, 6.07) is 8.02. The second-order valence-corrected chi connectivity index (χ2v) is 4.27. The molecule has 1 unspecified atom stereocenters. The summed E-state index contributed by atoms with van der Waals surface area (Å²) in [4.78, 5) is -0.214. The van der Waals surface area contributed by atoms with Crippen molar-refractivity contribution in [3.8, 4) is 6.07 Å². The van der Waals surface area contributed by atoms with Crippen LogP contribution in [0.25, 0.3) is 0 Å². The molecule has 0 heterocycles. The number of alkyl halides is 1. The van der Waals surface area contributed by atoms with Crippen molar-refractivity contribution in [2.24, 2.45) is 0 Å². The van der Waals surface area contributed by atoms with E-state index < -0.39 is 0 Å². The molecular weight excluding hydrogens is 282 g/mol. The van der Waals surface area contributed by atoms with Crippen LogP contribution >= 0.6 is 31.9 Å². The van der Waals surface area contributed by atoms with Gasteiger partial charge in [0.2, 0.25) is 0 Å². The van der Waals surface area contributed by atoms with E-state index in [1.54, 1.807) is 0 Å². The molecular formula is C9H7Br2N. The van der Waals surface area contributed by atoms with Crippen molar-refractivity contribution >= 4 is 31.9 Å². The van der Waals surface area contributed by atoms with E-state index in [0.29, 0.717) is 0 Å². The summed E-state index contributed by atoms with van der Waals surface area (Å²) < 4.78 is 1.04. The predicted octanol–water partition coefficient (Wildman–Crippen LogP) is 3.72. The van der Waals surface area contributed by atoms with Crippen LogP contribution in [-0.2, 0) is 0 Å². The van der Waals surface area contributed by atoms with Gasteiger partial charge in [0.05, 0.1) is 6.07 Å². The maximum absolute atomic E-state index is 8.64. The lowest BCUT2D eigenvalue weighted by atomic mass is 10.1. The largest absolute Gasteiger partial charge is 0.197 e. The van der Waals surface area contributed by atoms with Crippen LogP contribution < -0.4 is 0 Å². The predicted molar refractivity (Wildman–Crippen MR) is 56.2 cm³/mol. The number of hydrogen-bond donors (Lipinski definition) is 0. The van der Waals surface area contributed by atoms with Crippen LogP contribution in [0.5, 0.6) is 0 Å². The quantitative estimate of drug-likeness (QED) is 0.723. The van der Waals surface area contributed by atoms with Crippen LogP contribution in [0.15, 0.2) is 22.7 Å². The van der Waals surface area contributed by atoms with Gasteiger partial charge in [-0.25, -0.2) is 0 Å². The van der Waals surface area contributed by atoms with Gasteiger partial charge in [-0.1, -0.05) is 44.0 Å². The van der Waals surface area contributed by atoms with E-state index >= 15 is 0 Å². The first kappa shape index (κ1) is 9.76. The number of nitrogens with zero attached hydrogens (tertiary/aromatic N) is 1. The topological polar surface area (TPSA) is 23.8 Å². The zero-order valence-electron chi connectivity index (χ0n) is 6.51. The van der Waals surface area contributed by atoms with Gasteiger partial charge in [-0.2, -0.15) is 5.26 Å². The fraction of sp³-hybridized carbons (Fsp3) is 0.222. The number of nitriles is 1. The van der Waals surface area contributed by atoms with Gasteiger partial charge in [-0.15, -0.1) is 0 Å². The number of hydrogen-bond acceptors (Lipinski definition) is 1. The summed E-state index contributed by atoms with van der Waals surface area (Å²) >= 11 is 6.67. The van der Waals surface area contributed by atoms with Crippen molar-refractivity contribution in [1.29, 1.82) is 5.26 Å². The van der Waals surface area contributed by atoms with Crippen LogP contribution in [0.3, 0.4) is 0 Å². The molecule has 0 bridgehead atoms. The van der Waals surface area contributed by atoms with E-state index in [0.717, 1.165) is 10.0 Å². The van der Waals surface area contributed by atoms with Crippen LogP contribution in [0.4, 0.5) is 0 Å². The molecule has 0 aliphatic heterocycles. The summed E-state index contributed by atoms with van der Waals surface area (Å²) in [5.74, 6) is 0. The minimum atomic E-state index is -0.214. The molecule has 3 heteroatoms. The summed E-state index contributed by atoms with van der Waals surface area (Å²) in [6.07, 6.45) is 0. The number of aryl methyl sites for hydroxylation is 1. The number of benzene rings is 1. The highest BCUT2D eigenvalue weighted by Gasteiger charge is 2.06. The van der Waals surface area contributed by atoms with Crippen LogP contribution in [0.1, 0.15) is 16.0 Å². The normalized spacial score (nSPS) is 12.2. The van der Waals surface area contributed by atoms with Gasteiger partial charge in [-0.3, -0.25) is 0 Å². The maximum Gasteiger partial charge on any atom is 0.126 e. The third-order valence-electron chi connectivity index (χ3n) is 1.60. The van der Waals surface area contributed by atoms with Crippen molar-refractivity contribution < 1.29 is 0 Å². The molecule has 1 atom stereocenters. The van der Waals surface area contributed by atoms with Gasteiger partial charge in [0.15, 0.2) is 0 Å². The minimum Gasteiger partial charge on any atom is -0.197 e. The van der Waals surface area contributed by atoms with Crippen LogP contribution in [0.2, 0.25) is 0 Å². The second-order valence-electron chi connectivity index (χ2n) is 2.50. The molecule has 0 saturated carbocycles. The lowest BCUT2D eigenvalue weighted by Crippen LogP contribution is -1.86. The molecule has 0 radical (unpaired) electrons. The van der Waals surface area contributed by atoms with Crippen LogP contribution in [-0.4, -0.2) is 0 Å². The molecule has 1 nitrogen and oxygen atoms in total. The molecule has 0 aliphatic carbocycles. The minimum absolute atomic E-state index is 0.214. The molecule has 62 valence electrons. The van der Waals surface area contributed by atoms with Gasteiger partial charge in [-0.05, 0) is 24.1 Å². The Morgan fingerprint density at radius 2 is 2.17 bits per heavy atom. The van der Waals surface area contributed by atoms with E-state index in [1.807, 2.05) is 25.1 Å². The highest BCUT2D eigenvalue weighted by atomic mass is 79.9. The Kier molecular flexibility index (Phi) is 3.30. The van der Waals surface area contributed by atoms with E-state index in [1.165, 1.54) is 5.56 Å². The SMILES string of the molecule is Cc1ccc(C(Br)C#N)cc1Br. The lowest BCUT2D eigenvalue weighted by molar-refractivity contribution is 1.23. The summed E-state index contributed by atoms with van der Waals surface area (Å²) in [5, 5.41) is 8.64. The molecule has 1 aromatic rings. The van der Waals surface area contributed by atoms with E-state index in [-0.39, 0.29) is 4.83 Å². The van der Waals surface area contributed by atoms with Crippen molar-refractivity contribution in [3.05, 3.63) is 33.8 Å². The van der Waals surface area contributed by atoms with E-state index in [2.05, 4.69) is 37.9 Å². The average Bonchev–Trinajstić information content (AvgIpc) is 2.08. The average molecular weight is 289 g/mol. The summed E-state index contributed by atoms with van der Waals surface area (Å²) in [6.45, 7) is 2.02. The molecule has 0 aromatic heterocycles. The van der Waals surface area contributed by atoms with Crippen molar-refractivity contribution in [1.82, 2.24) is 0 Å². The first-order valence-electron chi connectivity index (χ1n) is 3.45. The first-order chi connectivity index (χ1) is 5.65. The van der Waals surface area contributed by atoms with Crippen molar-refractivity contribution in [2.75, 3.05) is 0 Å². The molecule has 0 amide bonds. The Hall–Kier alpha value is -0.330. The smallest absolute Gasteiger partial charge is 0.126 e. The zero-order chi connectivity index (χ0) is 9.14. The summed E-state index contributed by atoms with van der Waals surface area (Å²) in [5.41, 5.74) is 2.16. The Labute approximate surface area is 88.7 Å². The fourth-order valence-electron chi connectivity index (χ4n) is 0.841. The number of halogens is 2. The molecule has 1 rings (SSSR count). The van der Waals surface area contributed by atoms with Gasteiger partial charge < -0.3 is 0 Å². The van der Waals surface area contributed by atoms with Crippen LogP contribution in [0, 0.1) is 18.3 Å². The van der Waals surface area contributed by atoms with Gasteiger partial charge >= 0.3 is 0 Å². The highest BCUT2D eigenvalue weighted by Crippen LogP contribution is 2.26. The third kappa shape index (κ3) is 2.09. The fourth-order valence-corrected chi connectivity index (χ4v) is 1.52. The molecule has 12 heavy (non-hydrogen) atoms. The maximum atomic E-state index is 8.64. The third-order valence-corrected chi connectivity index (χ3v) is 3.19. The molecule has 0 N–H and O–H groups in total. The highest BCUT2D eigenvalue weighted by molar-refractivity contribution is 9.10.